The number of benzene rings is 3. The van der Waals surface area contributed by atoms with Crippen molar-refractivity contribution in [2.24, 2.45) is 5.92 Å². The van der Waals surface area contributed by atoms with E-state index in [1.165, 1.54) is 11.0 Å². The van der Waals surface area contributed by atoms with Gasteiger partial charge < -0.3 is 14.4 Å². The Morgan fingerprint density at radius 2 is 1.54 bits per heavy atom. The maximum atomic E-state index is 13.8. The third kappa shape index (κ3) is 10.0. The van der Waals surface area contributed by atoms with Gasteiger partial charge in [-0.15, -0.1) is 0 Å². The molecule has 0 aromatic heterocycles. The monoisotopic (exact) mass is 581 g/mol. The Morgan fingerprint density at radius 1 is 0.829 bits per heavy atom. The minimum absolute atomic E-state index is 0.0353. The quantitative estimate of drug-likeness (QED) is 0.166. The van der Waals surface area contributed by atoms with Crippen molar-refractivity contribution >= 4 is 38.5 Å². The van der Waals surface area contributed by atoms with Crippen molar-refractivity contribution in [1.82, 2.24) is 4.90 Å². The van der Waals surface area contributed by atoms with Gasteiger partial charge in [-0.05, 0) is 48.2 Å². The number of fused-ring (bicyclic) bond motifs is 1. The zero-order chi connectivity index (χ0) is 29.7. The molecule has 0 saturated heterocycles. The van der Waals surface area contributed by atoms with Crippen LogP contribution in [-0.2, 0) is 40.3 Å². The number of ether oxygens (including phenoxy) is 2. The van der Waals surface area contributed by atoms with Crippen LogP contribution in [-0.4, -0.2) is 56.6 Å². The molecule has 0 aliphatic rings. The van der Waals surface area contributed by atoms with Gasteiger partial charge in [-0.1, -0.05) is 80.4 Å². The van der Waals surface area contributed by atoms with Crippen LogP contribution in [0.25, 0.3) is 10.8 Å². The normalized spacial score (nSPS) is 12.0. The topological polar surface area (TPSA) is 107 Å². The summed E-state index contributed by atoms with van der Waals surface area (Å²) in [7, 11) is -3.91. The lowest BCUT2D eigenvalue weighted by atomic mass is 10.0. The van der Waals surface area contributed by atoms with Crippen LogP contribution in [0.3, 0.4) is 0 Å². The van der Waals surface area contributed by atoms with Gasteiger partial charge in [0, 0.05) is 13.0 Å². The van der Waals surface area contributed by atoms with E-state index in [0.29, 0.717) is 6.42 Å². The van der Waals surface area contributed by atoms with E-state index in [9.17, 15) is 22.8 Å². The minimum Gasteiger partial charge on any atom is -0.465 e. The van der Waals surface area contributed by atoms with Crippen LogP contribution in [0.2, 0.25) is 0 Å². The molecule has 9 heteroatoms. The van der Waals surface area contributed by atoms with Crippen LogP contribution in [0.15, 0.2) is 77.7 Å². The summed E-state index contributed by atoms with van der Waals surface area (Å²) in [6.07, 6.45) is 2.24. The molecular formula is C32H39NO7S. The largest absolute Gasteiger partial charge is 0.465 e. The number of nitrogens with zero attached hydrogens (tertiary/aromatic N) is 1. The van der Waals surface area contributed by atoms with Crippen molar-refractivity contribution in [3.05, 3.63) is 78.4 Å². The lowest BCUT2D eigenvalue weighted by Gasteiger charge is -2.27. The number of rotatable bonds is 16. The number of amides is 1. The van der Waals surface area contributed by atoms with Gasteiger partial charge in [0.2, 0.25) is 5.91 Å². The van der Waals surface area contributed by atoms with Crippen LogP contribution in [0, 0.1) is 5.92 Å². The molecule has 0 fully saturated rings. The molecule has 3 aromatic rings. The number of hydrogen-bond donors (Lipinski definition) is 0. The van der Waals surface area contributed by atoms with E-state index in [0.717, 1.165) is 29.2 Å². The van der Waals surface area contributed by atoms with E-state index in [2.05, 4.69) is 0 Å². The number of carbonyl (C=O) groups is 3. The van der Waals surface area contributed by atoms with E-state index < -0.39 is 39.4 Å². The van der Waals surface area contributed by atoms with E-state index in [-0.39, 0.29) is 44.0 Å². The fourth-order valence-electron chi connectivity index (χ4n) is 4.54. The average Bonchev–Trinajstić information content (AvgIpc) is 2.97. The molecule has 0 radical (unpaired) electrons. The van der Waals surface area contributed by atoms with Gasteiger partial charge in [0.05, 0.1) is 23.2 Å². The highest BCUT2D eigenvalue weighted by molar-refractivity contribution is 7.91. The fraction of sp³-hybridized carbons (Fsp3) is 0.406. The van der Waals surface area contributed by atoms with Crippen molar-refractivity contribution in [2.45, 2.75) is 57.5 Å². The first-order chi connectivity index (χ1) is 19.7. The summed E-state index contributed by atoms with van der Waals surface area (Å²) in [5.74, 6) is -3.13. The standard InChI is InChI=1S/C32H39NO7S/c1-3-5-11-20-33(22-31(35)39-4-2)32(36)28(17-19-30(34)40-23-25-12-7-6-8-13-25)24-41(37,38)29-18-16-26-14-9-10-15-27(26)21-29/h6-10,12-16,18,21,28H,3-5,11,17,19-20,22-24H2,1-2H3. The Hall–Kier alpha value is -3.72. The number of hydrogen-bond acceptors (Lipinski definition) is 7. The molecule has 0 saturated carbocycles. The second kappa shape index (κ2) is 15.9. The van der Waals surface area contributed by atoms with Gasteiger partial charge in [0.25, 0.3) is 0 Å². The number of sulfone groups is 1. The summed E-state index contributed by atoms with van der Waals surface area (Å²) in [5, 5.41) is 1.67. The van der Waals surface area contributed by atoms with Crippen LogP contribution in [0.1, 0.15) is 51.5 Å². The van der Waals surface area contributed by atoms with Gasteiger partial charge in [-0.3, -0.25) is 14.4 Å². The fourth-order valence-corrected chi connectivity index (χ4v) is 6.16. The number of unbranched alkanes of at least 4 members (excludes halogenated alkanes) is 2. The summed E-state index contributed by atoms with van der Waals surface area (Å²) in [4.78, 5) is 40.2. The molecule has 0 aliphatic heterocycles. The third-order valence-electron chi connectivity index (χ3n) is 6.76. The molecule has 0 N–H and O–H groups in total. The third-order valence-corrected chi connectivity index (χ3v) is 8.57. The Balaban J connectivity index is 1.82. The summed E-state index contributed by atoms with van der Waals surface area (Å²) < 4.78 is 37.6. The molecule has 0 aliphatic carbocycles. The molecule has 0 bridgehead atoms. The van der Waals surface area contributed by atoms with Gasteiger partial charge in [0.1, 0.15) is 13.2 Å². The molecule has 1 atom stereocenters. The zero-order valence-electron chi connectivity index (χ0n) is 23.8. The Kier molecular flexibility index (Phi) is 12.3. The minimum atomic E-state index is -3.91. The van der Waals surface area contributed by atoms with E-state index >= 15 is 0 Å². The van der Waals surface area contributed by atoms with Crippen molar-refractivity contribution in [2.75, 3.05) is 25.4 Å². The first-order valence-electron chi connectivity index (χ1n) is 14.1. The molecule has 1 amide bonds. The summed E-state index contributed by atoms with van der Waals surface area (Å²) in [6.45, 7) is 3.97. The lowest BCUT2D eigenvalue weighted by Crippen LogP contribution is -2.43. The second-order valence-corrected chi connectivity index (χ2v) is 12.0. The van der Waals surface area contributed by atoms with Crippen molar-refractivity contribution < 1.29 is 32.3 Å². The summed E-state index contributed by atoms with van der Waals surface area (Å²) >= 11 is 0. The molecule has 0 spiro atoms. The summed E-state index contributed by atoms with van der Waals surface area (Å²) in [5.41, 5.74) is 0.823. The molecule has 1 unspecified atom stereocenters. The first-order valence-corrected chi connectivity index (χ1v) is 15.7. The van der Waals surface area contributed by atoms with Gasteiger partial charge in [0.15, 0.2) is 9.84 Å². The predicted molar refractivity (Wildman–Crippen MR) is 158 cm³/mol. The molecule has 3 aromatic carbocycles. The van der Waals surface area contributed by atoms with E-state index in [4.69, 9.17) is 9.47 Å². The smallest absolute Gasteiger partial charge is 0.325 e. The van der Waals surface area contributed by atoms with E-state index in [1.54, 1.807) is 19.1 Å². The Morgan fingerprint density at radius 3 is 2.24 bits per heavy atom. The highest BCUT2D eigenvalue weighted by Gasteiger charge is 2.32. The average molecular weight is 582 g/mol. The molecule has 220 valence electrons. The van der Waals surface area contributed by atoms with Gasteiger partial charge in [-0.25, -0.2) is 8.42 Å². The zero-order valence-corrected chi connectivity index (χ0v) is 24.6. The second-order valence-electron chi connectivity index (χ2n) is 9.94. The number of carbonyl (C=O) groups excluding carboxylic acids is 3. The molecule has 8 nitrogen and oxygen atoms in total. The van der Waals surface area contributed by atoms with Crippen molar-refractivity contribution in [3.63, 3.8) is 0 Å². The van der Waals surface area contributed by atoms with Crippen molar-refractivity contribution in [3.8, 4) is 0 Å². The molecule has 41 heavy (non-hydrogen) atoms. The van der Waals surface area contributed by atoms with Crippen LogP contribution in [0.4, 0.5) is 0 Å². The highest BCUT2D eigenvalue weighted by atomic mass is 32.2. The first kappa shape index (κ1) is 31.8. The molecule has 0 heterocycles. The van der Waals surface area contributed by atoms with Gasteiger partial charge >= 0.3 is 11.9 Å². The molecular weight excluding hydrogens is 542 g/mol. The SMILES string of the molecule is CCCCCN(CC(=O)OCC)C(=O)C(CCC(=O)OCc1ccccc1)CS(=O)(=O)c1ccc2ccccc2c1. The maximum absolute atomic E-state index is 13.8. The van der Waals surface area contributed by atoms with E-state index in [1.807, 2.05) is 61.5 Å². The van der Waals surface area contributed by atoms with Gasteiger partial charge in [-0.2, -0.15) is 0 Å². The molecule has 3 rings (SSSR count). The van der Waals surface area contributed by atoms with Crippen LogP contribution >= 0.6 is 0 Å². The highest BCUT2D eigenvalue weighted by Crippen LogP contribution is 2.24. The lowest BCUT2D eigenvalue weighted by molar-refractivity contribution is -0.151. The predicted octanol–water partition coefficient (Wildman–Crippen LogP) is 5.34. The van der Waals surface area contributed by atoms with Crippen molar-refractivity contribution in [1.29, 1.82) is 0 Å². The number of esters is 2. The Bertz CT molecular complexity index is 1410. The summed E-state index contributed by atoms with van der Waals surface area (Å²) in [6, 6.07) is 21.5. The van der Waals surface area contributed by atoms with Crippen LogP contribution < -0.4 is 0 Å². The maximum Gasteiger partial charge on any atom is 0.325 e. The Labute approximate surface area is 242 Å². The van der Waals surface area contributed by atoms with Crippen LogP contribution in [0.5, 0.6) is 0 Å².